The van der Waals surface area contributed by atoms with Crippen molar-refractivity contribution in [3.8, 4) is 0 Å². The fraction of sp³-hybridized carbons (Fsp3) is 0. The van der Waals surface area contributed by atoms with Crippen LogP contribution in [0.15, 0.2) is 18.9 Å². The lowest BCUT2D eigenvalue weighted by Crippen LogP contribution is -2.10. The normalized spacial score (nSPS) is 11.4. The van der Waals surface area contributed by atoms with Gasteiger partial charge in [0.2, 0.25) is 0 Å². The Bertz CT molecular complexity index is 577. The van der Waals surface area contributed by atoms with Gasteiger partial charge in [-0.3, -0.25) is 0 Å². The number of imidazole rings is 1. The third kappa shape index (κ3) is 0.675. The molecule has 0 bridgehead atoms. The van der Waals surface area contributed by atoms with E-state index >= 15 is 0 Å². The Morgan fingerprint density at radius 3 is 3.23 bits per heavy atom. The van der Waals surface area contributed by atoms with Crippen molar-refractivity contribution in [3.05, 3.63) is 18.9 Å². The zero-order valence-electron chi connectivity index (χ0n) is 6.49. The van der Waals surface area contributed by atoms with Crippen LogP contribution >= 0.6 is 0 Å². The predicted octanol–water partition coefficient (Wildman–Crippen LogP) is -0.812. The van der Waals surface area contributed by atoms with Gasteiger partial charge in [-0.1, -0.05) is 0 Å². The second-order valence-electron chi connectivity index (χ2n) is 2.59. The summed E-state index contributed by atoms with van der Waals surface area (Å²) in [5, 5.41) is 3.98. The number of hydrogen-bond acceptors (Lipinski definition) is 5. The number of rotatable bonds is 0. The molecule has 0 fully saturated rings. The molecular formula is C6H5N7. The van der Waals surface area contributed by atoms with Crippen molar-refractivity contribution in [1.29, 1.82) is 0 Å². The van der Waals surface area contributed by atoms with Crippen molar-refractivity contribution in [2.75, 3.05) is 5.84 Å². The number of nitrogens with two attached hydrogens (primary N) is 1. The van der Waals surface area contributed by atoms with Crippen molar-refractivity contribution >= 4 is 16.9 Å². The Morgan fingerprint density at radius 2 is 2.31 bits per heavy atom. The van der Waals surface area contributed by atoms with Crippen molar-refractivity contribution < 1.29 is 0 Å². The van der Waals surface area contributed by atoms with Gasteiger partial charge in [-0.15, -0.1) is 0 Å². The fourth-order valence-electron chi connectivity index (χ4n) is 1.26. The molecule has 0 saturated heterocycles. The first-order valence-electron chi connectivity index (χ1n) is 3.63. The van der Waals surface area contributed by atoms with Crippen LogP contribution in [0.3, 0.4) is 0 Å². The summed E-state index contributed by atoms with van der Waals surface area (Å²) in [5.74, 6) is 6.13. The SMILES string of the molecule is Nn1cncc2c1nc1ncnn12. The lowest BCUT2D eigenvalue weighted by molar-refractivity contribution is 0.957. The molecule has 0 radical (unpaired) electrons. The molecule has 0 unspecified atom stereocenters. The van der Waals surface area contributed by atoms with Crippen LogP contribution in [0.2, 0.25) is 0 Å². The van der Waals surface area contributed by atoms with E-state index in [4.69, 9.17) is 5.84 Å². The van der Waals surface area contributed by atoms with E-state index in [0.717, 1.165) is 5.52 Å². The molecule has 13 heavy (non-hydrogen) atoms. The minimum atomic E-state index is 0.530. The number of nitrogens with zero attached hydrogens (tertiary/aromatic N) is 6. The number of fused-ring (bicyclic) bond motifs is 3. The molecule has 0 saturated carbocycles. The molecule has 7 heteroatoms. The van der Waals surface area contributed by atoms with E-state index in [-0.39, 0.29) is 0 Å². The van der Waals surface area contributed by atoms with E-state index in [2.05, 4.69) is 20.1 Å². The van der Waals surface area contributed by atoms with Gasteiger partial charge in [0.25, 0.3) is 5.78 Å². The topological polar surface area (TPSA) is 86.9 Å². The first-order chi connectivity index (χ1) is 6.36. The molecule has 3 aromatic heterocycles. The molecule has 0 spiro atoms. The summed E-state index contributed by atoms with van der Waals surface area (Å²) in [5.41, 5.74) is 1.36. The van der Waals surface area contributed by atoms with Crippen LogP contribution in [0.25, 0.3) is 16.9 Å². The number of aromatic nitrogens is 6. The number of nitrogen functional groups attached to an aromatic ring is 1. The van der Waals surface area contributed by atoms with Crippen LogP contribution in [0.4, 0.5) is 0 Å². The standard InChI is InChI=1S/C6H5N7/c7-12-3-8-1-4-5(12)11-6-9-2-10-13(4)6/h1-3H,7H2. The Morgan fingerprint density at radius 1 is 1.38 bits per heavy atom. The van der Waals surface area contributed by atoms with E-state index < -0.39 is 0 Å². The fourth-order valence-corrected chi connectivity index (χ4v) is 1.26. The third-order valence-corrected chi connectivity index (χ3v) is 1.83. The summed E-state index contributed by atoms with van der Waals surface area (Å²) in [6.45, 7) is 0. The Kier molecular flexibility index (Phi) is 0.950. The van der Waals surface area contributed by atoms with Crippen LogP contribution in [0.1, 0.15) is 0 Å². The molecule has 0 aromatic carbocycles. The molecule has 0 aliphatic carbocycles. The van der Waals surface area contributed by atoms with Gasteiger partial charge in [-0.2, -0.15) is 19.6 Å². The quantitative estimate of drug-likeness (QED) is 0.451. The van der Waals surface area contributed by atoms with Gasteiger partial charge in [0, 0.05) is 0 Å². The van der Waals surface area contributed by atoms with E-state index in [9.17, 15) is 0 Å². The highest BCUT2D eigenvalue weighted by Gasteiger charge is 2.08. The summed E-state index contributed by atoms with van der Waals surface area (Å²) in [4.78, 5) is 12.0. The molecule has 0 atom stereocenters. The lowest BCUT2D eigenvalue weighted by Gasteiger charge is -1.95. The highest BCUT2D eigenvalue weighted by Crippen LogP contribution is 2.09. The largest absolute Gasteiger partial charge is 0.336 e. The van der Waals surface area contributed by atoms with Gasteiger partial charge in [-0.05, 0) is 0 Å². The van der Waals surface area contributed by atoms with Crippen LogP contribution in [0, 0.1) is 0 Å². The minimum Gasteiger partial charge on any atom is -0.336 e. The molecule has 2 N–H and O–H groups in total. The zero-order chi connectivity index (χ0) is 8.84. The second kappa shape index (κ2) is 1.94. The maximum absolute atomic E-state index is 5.60. The first-order valence-corrected chi connectivity index (χ1v) is 3.63. The first kappa shape index (κ1) is 6.35. The third-order valence-electron chi connectivity index (χ3n) is 1.83. The van der Waals surface area contributed by atoms with E-state index in [1.54, 1.807) is 10.7 Å². The molecule has 0 aliphatic heterocycles. The van der Waals surface area contributed by atoms with Gasteiger partial charge < -0.3 is 5.84 Å². The van der Waals surface area contributed by atoms with Crippen molar-refractivity contribution in [2.45, 2.75) is 0 Å². The number of hydrogen-bond donors (Lipinski definition) is 1. The Labute approximate surface area is 71.8 Å². The van der Waals surface area contributed by atoms with Crippen LogP contribution in [-0.2, 0) is 0 Å². The maximum Gasteiger partial charge on any atom is 0.254 e. The zero-order valence-corrected chi connectivity index (χ0v) is 6.49. The second-order valence-corrected chi connectivity index (χ2v) is 2.59. The minimum absolute atomic E-state index is 0.530. The van der Waals surface area contributed by atoms with Crippen LogP contribution in [0.5, 0.6) is 0 Å². The maximum atomic E-state index is 5.60. The average Bonchev–Trinajstić information content (AvgIpc) is 2.65. The molecule has 0 amide bonds. The summed E-state index contributed by atoms with van der Waals surface area (Å²) in [6, 6.07) is 0. The Balaban J connectivity index is 2.66. The Hall–Kier alpha value is -2.18. The molecule has 3 heterocycles. The van der Waals surface area contributed by atoms with Gasteiger partial charge >= 0.3 is 0 Å². The summed E-state index contributed by atoms with van der Waals surface area (Å²) in [7, 11) is 0. The average molecular weight is 175 g/mol. The molecule has 3 aromatic rings. The highest BCUT2D eigenvalue weighted by molar-refractivity contribution is 5.74. The summed E-state index contributed by atoms with van der Waals surface area (Å²) < 4.78 is 2.93. The van der Waals surface area contributed by atoms with Crippen LogP contribution in [-0.4, -0.2) is 29.2 Å². The smallest absolute Gasteiger partial charge is 0.254 e. The molecule has 0 aliphatic rings. The van der Waals surface area contributed by atoms with Crippen LogP contribution < -0.4 is 5.84 Å². The molecule has 7 nitrogen and oxygen atoms in total. The van der Waals surface area contributed by atoms with Gasteiger partial charge in [-0.25, -0.2) is 9.66 Å². The van der Waals surface area contributed by atoms with Crippen molar-refractivity contribution in [2.24, 2.45) is 0 Å². The highest BCUT2D eigenvalue weighted by atomic mass is 15.4. The van der Waals surface area contributed by atoms with Gasteiger partial charge in [0.15, 0.2) is 5.65 Å². The lowest BCUT2D eigenvalue weighted by atomic mass is 10.6. The summed E-state index contributed by atoms with van der Waals surface area (Å²) in [6.07, 6.45) is 4.57. The molecule has 64 valence electrons. The van der Waals surface area contributed by atoms with E-state index in [1.165, 1.54) is 17.3 Å². The van der Waals surface area contributed by atoms with E-state index in [0.29, 0.717) is 11.4 Å². The van der Waals surface area contributed by atoms with E-state index in [1.807, 2.05) is 0 Å². The van der Waals surface area contributed by atoms with Gasteiger partial charge in [0.05, 0.1) is 6.20 Å². The monoisotopic (exact) mass is 175 g/mol. The van der Waals surface area contributed by atoms with Crippen molar-refractivity contribution in [1.82, 2.24) is 29.2 Å². The van der Waals surface area contributed by atoms with Crippen molar-refractivity contribution in [3.63, 3.8) is 0 Å². The van der Waals surface area contributed by atoms with Gasteiger partial charge in [0.1, 0.15) is 18.2 Å². The predicted molar refractivity (Wildman–Crippen MR) is 44.2 cm³/mol. The molecular weight excluding hydrogens is 170 g/mol. The molecule has 3 rings (SSSR count). The summed E-state index contributed by atoms with van der Waals surface area (Å²) >= 11 is 0.